The van der Waals surface area contributed by atoms with E-state index in [4.69, 9.17) is 5.11 Å². The number of amides is 1. The molecule has 0 bridgehead atoms. The largest absolute Gasteiger partial charge is 0.481 e. The van der Waals surface area contributed by atoms with Gasteiger partial charge in [-0.25, -0.2) is 0 Å². The van der Waals surface area contributed by atoms with Crippen LogP contribution < -0.4 is 5.32 Å². The standard InChI is InChI=1S/C11H15NO3/c1-4-5-6-12-9(13)7-8(10(14)15)11(7,2)3/h7-8H,6H2,1-3H3,(H,12,13)(H,14,15). The Bertz CT molecular complexity index is 349. The van der Waals surface area contributed by atoms with E-state index in [1.165, 1.54) is 0 Å². The van der Waals surface area contributed by atoms with Gasteiger partial charge in [0.05, 0.1) is 18.4 Å². The second kappa shape index (κ2) is 3.93. The first kappa shape index (κ1) is 11.6. The van der Waals surface area contributed by atoms with Crippen molar-refractivity contribution in [2.75, 3.05) is 6.54 Å². The number of hydrogen-bond donors (Lipinski definition) is 2. The summed E-state index contributed by atoms with van der Waals surface area (Å²) >= 11 is 0. The van der Waals surface area contributed by atoms with Gasteiger partial charge in [-0.3, -0.25) is 9.59 Å². The van der Waals surface area contributed by atoms with Crippen molar-refractivity contribution in [2.24, 2.45) is 17.3 Å². The molecular weight excluding hydrogens is 194 g/mol. The summed E-state index contributed by atoms with van der Waals surface area (Å²) in [5, 5.41) is 11.5. The predicted molar refractivity (Wildman–Crippen MR) is 54.9 cm³/mol. The lowest BCUT2D eigenvalue weighted by Crippen LogP contribution is -2.27. The molecule has 1 aliphatic carbocycles. The second-order valence-electron chi connectivity index (χ2n) is 4.26. The maximum atomic E-state index is 11.6. The van der Waals surface area contributed by atoms with E-state index in [-0.39, 0.29) is 12.5 Å². The third-order valence-corrected chi connectivity index (χ3v) is 2.90. The normalized spacial score (nSPS) is 26.1. The first-order valence-electron chi connectivity index (χ1n) is 4.83. The maximum Gasteiger partial charge on any atom is 0.307 e. The van der Waals surface area contributed by atoms with Gasteiger partial charge in [-0.15, -0.1) is 5.92 Å². The van der Waals surface area contributed by atoms with Gasteiger partial charge in [-0.1, -0.05) is 19.8 Å². The number of carbonyl (C=O) groups excluding carboxylic acids is 1. The van der Waals surface area contributed by atoms with Crippen molar-refractivity contribution in [3.05, 3.63) is 0 Å². The van der Waals surface area contributed by atoms with E-state index in [1.54, 1.807) is 20.8 Å². The molecule has 0 saturated heterocycles. The van der Waals surface area contributed by atoms with Crippen LogP contribution in [-0.4, -0.2) is 23.5 Å². The van der Waals surface area contributed by atoms with Crippen LogP contribution in [0.25, 0.3) is 0 Å². The molecule has 1 amide bonds. The van der Waals surface area contributed by atoms with E-state index < -0.39 is 23.2 Å². The number of carboxylic acids is 1. The van der Waals surface area contributed by atoms with Crippen LogP contribution in [0, 0.1) is 29.1 Å². The van der Waals surface area contributed by atoms with Crippen molar-refractivity contribution in [1.29, 1.82) is 0 Å². The van der Waals surface area contributed by atoms with Crippen LogP contribution in [0.1, 0.15) is 20.8 Å². The van der Waals surface area contributed by atoms with Crippen LogP contribution >= 0.6 is 0 Å². The Morgan fingerprint density at radius 1 is 1.40 bits per heavy atom. The van der Waals surface area contributed by atoms with Crippen molar-refractivity contribution in [3.63, 3.8) is 0 Å². The number of aliphatic carboxylic acids is 1. The van der Waals surface area contributed by atoms with Crippen LogP contribution in [0.15, 0.2) is 0 Å². The van der Waals surface area contributed by atoms with Crippen molar-refractivity contribution in [2.45, 2.75) is 20.8 Å². The Morgan fingerprint density at radius 3 is 2.40 bits per heavy atom. The number of carboxylic acid groups (broad SMARTS) is 1. The lowest BCUT2D eigenvalue weighted by Gasteiger charge is -2.01. The summed E-state index contributed by atoms with van der Waals surface area (Å²) in [4.78, 5) is 22.4. The third kappa shape index (κ3) is 2.12. The smallest absolute Gasteiger partial charge is 0.307 e. The molecule has 1 fully saturated rings. The molecule has 82 valence electrons. The lowest BCUT2D eigenvalue weighted by atomic mass is 10.1. The van der Waals surface area contributed by atoms with Crippen molar-refractivity contribution < 1.29 is 14.7 Å². The number of hydrogen-bond acceptors (Lipinski definition) is 2. The molecular formula is C11H15NO3. The van der Waals surface area contributed by atoms with Gasteiger partial charge in [0.15, 0.2) is 0 Å². The minimum Gasteiger partial charge on any atom is -0.481 e. The molecule has 1 rings (SSSR count). The highest BCUT2D eigenvalue weighted by Crippen LogP contribution is 2.58. The van der Waals surface area contributed by atoms with E-state index >= 15 is 0 Å². The summed E-state index contributed by atoms with van der Waals surface area (Å²) in [7, 11) is 0. The number of carbonyl (C=O) groups is 2. The Balaban J connectivity index is 2.55. The van der Waals surface area contributed by atoms with E-state index in [9.17, 15) is 9.59 Å². The highest BCUT2D eigenvalue weighted by molar-refractivity contribution is 5.91. The predicted octanol–water partition coefficient (Wildman–Crippen LogP) is 0.483. The van der Waals surface area contributed by atoms with Gasteiger partial charge in [0.25, 0.3) is 0 Å². The zero-order valence-electron chi connectivity index (χ0n) is 9.13. The van der Waals surface area contributed by atoms with Gasteiger partial charge in [0, 0.05) is 0 Å². The molecule has 1 aliphatic rings. The van der Waals surface area contributed by atoms with Gasteiger partial charge < -0.3 is 10.4 Å². The lowest BCUT2D eigenvalue weighted by molar-refractivity contribution is -0.140. The molecule has 15 heavy (non-hydrogen) atoms. The zero-order chi connectivity index (χ0) is 11.6. The van der Waals surface area contributed by atoms with Crippen molar-refractivity contribution in [1.82, 2.24) is 5.32 Å². The van der Waals surface area contributed by atoms with E-state index in [0.717, 1.165) is 0 Å². The summed E-state index contributed by atoms with van der Waals surface area (Å²) in [6, 6.07) is 0. The zero-order valence-corrected chi connectivity index (χ0v) is 9.13. The molecule has 4 heteroatoms. The molecule has 0 aromatic carbocycles. The third-order valence-electron chi connectivity index (χ3n) is 2.90. The first-order valence-corrected chi connectivity index (χ1v) is 4.83. The molecule has 0 radical (unpaired) electrons. The molecule has 2 unspecified atom stereocenters. The maximum absolute atomic E-state index is 11.6. The molecule has 1 saturated carbocycles. The van der Waals surface area contributed by atoms with Crippen LogP contribution in [0.3, 0.4) is 0 Å². The van der Waals surface area contributed by atoms with Crippen LogP contribution in [0.5, 0.6) is 0 Å². The Morgan fingerprint density at radius 2 is 2.00 bits per heavy atom. The minimum atomic E-state index is -0.901. The minimum absolute atomic E-state index is 0.213. The molecule has 2 N–H and O–H groups in total. The second-order valence-corrected chi connectivity index (χ2v) is 4.26. The average molecular weight is 209 g/mol. The molecule has 0 spiro atoms. The SMILES string of the molecule is CC#CCNC(=O)C1C(C(=O)O)C1(C)C. The topological polar surface area (TPSA) is 66.4 Å². The number of nitrogens with one attached hydrogen (secondary N) is 1. The summed E-state index contributed by atoms with van der Waals surface area (Å²) in [5.74, 6) is 3.26. The van der Waals surface area contributed by atoms with Crippen LogP contribution in [0.2, 0.25) is 0 Å². The molecule has 0 aromatic heterocycles. The van der Waals surface area contributed by atoms with Gasteiger partial charge in [-0.05, 0) is 12.3 Å². The summed E-state index contributed by atoms with van der Waals surface area (Å²) in [6.45, 7) is 5.56. The van der Waals surface area contributed by atoms with Gasteiger partial charge in [0.1, 0.15) is 0 Å². The van der Waals surface area contributed by atoms with Crippen LogP contribution in [0.4, 0.5) is 0 Å². The first-order chi connectivity index (χ1) is 6.92. The van der Waals surface area contributed by atoms with Gasteiger partial charge in [-0.2, -0.15) is 0 Å². The molecule has 0 heterocycles. The Labute approximate surface area is 89.0 Å². The Kier molecular flexibility index (Phi) is 3.04. The van der Waals surface area contributed by atoms with E-state index in [1.807, 2.05) is 0 Å². The van der Waals surface area contributed by atoms with E-state index in [2.05, 4.69) is 17.2 Å². The highest BCUT2D eigenvalue weighted by atomic mass is 16.4. The van der Waals surface area contributed by atoms with Crippen LogP contribution in [-0.2, 0) is 9.59 Å². The summed E-state index contributed by atoms with van der Waals surface area (Å²) in [5.41, 5.74) is -0.435. The summed E-state index contributed by atoms with van der Waals surface area (Å²) < 4.78 is 0. The monoisotopic (exact) mass is 209 g/mol. The van der Waals surface area contributed by atoms with Crippen molar-refractivity contribution >= 4 is 11.9 Å². The number of rotatable bonds is 3. The Hall–Kier alpha value is -1.50. The fourth-order valence-electron chi connectivity index (χ4n) is 1.92. The fourth-order valence-corrected chi connectivity index (χ4v) is 1.92. The molecule has 2 atom stereocenters. The average Bonchev–Trinajstić information content (AvgIpc) is 2.69. The molecule has 0 aliphatic heterocycles. The van der Waals surface area contributed by atoms with E-state index in [0.29, 0.717) is 0 Å². The quantitative estimate of drug-likeness (QED) is 0.664. The summed E-state index contributed by atoms with van der Waals surface area (Å²) in [6.07, 6.45) is 0. The van der Waals surface area contributed by atoms with Gasteiger partial charge >= 0.3 is 5.97 Å². The van der Waals surface area contributed by atoms with Crippen molar-refractivity contribution in [3.8, 4) is 11.8 Å². The fraction of sp³-hybridized carbons (Fsp3) is 0.636. The van der Waals surface area contributed by atoms with Gasteiger partial charge in [0.2, 0.25) is 5.91 Å². The highest BCUT2D eigenvalue weighted by Gasteiger charge is 2.65. The molecule has 4 nitrogen and oxygen atoms in total. The molecule has 0 aromatic rings.